The summed E-state index contributed by atoms with van der Waals surface area (Å²) in [5.74, 6) is -0.793. The zero-order chi connectivity index (χ0) is 36.6. The third kappa shape index (κ3) is 12.6. The number of rotatable bonds is 18. The van der Waals surface area contributed by atoms with Gasteiger partial charge in [0.1, 0.15) is 6.61 Å². The van der Waals surface area contributed by atoms with Crippen molar-refractivity contribution in [1.29, 1.82) is 0 Å². The van der Waals surface area contributed by atoms with Crippen LogP contribution in [-0.2, 0) is 18.9 Å². The first-order valence-electron chi connectivity index (χ1n) is 16.9. The van der Waals surface area contributed by atoms with Crippen LogP contribution in [0.1, 0.15) is 69.1 Å². The fraction of sp³-hybridized carbons (Fsp3) is 0.317. The molecule has 4 rings (SSSR count). The predicted octanol–water partition coefficient (Wildman–Crippen LogP) is 8.62. The molecule has 0 bridgehead atoms. The van der Waals surface area contributed by atoms with Crippen molar-refractivity contribution in [2.24, 2.45) is 11.8 Å². The Hall–Kier alpha value is -4.54. The molecule has 0 N–H and O–H groups in total. The Bertz CT molecular complexity index is 1660. The first kappa shape index (κ1) is 39.2. The minimum Gasteiger partial charge on any atom is -0.458 e. The first-order valence-corrected chi connectivity index (χ1v) is 19.0. The number of hydrogen-bond donors (Lipinski definition) is 0. The van der Waals surface area contributed by atoms with E-state index < -0.39 is 53.4 Å². The Kier molecular flexibility index (Phi) is 15.7. The summed E-state index contributed by atoms with van der Waals surface area (Å²) in [4.78, 5) is 54.6. The van der Waals surface area contributed by atoms with Crippen molar-refractivity contribution in [1.82, 2.24) is 0 Å². The lowest BCUT2D eigenvalue weighted by Gasteiger charge is -2.36. The number of carbonyl (C=O) groups is 4. The van der Waals surface area contributed by atoms with Crippen LogP contribution in [0.25, 0.3) is 0 Å². The second-order valence-corrected chi connectivity index (χ2v) is 15.2. The van der Waals surface area contributed by atoms with E-state index in [0.717, 1.165) is 0 Å². The molecule has 0 aromatic heterocycles. The molecule has 51 heavy (non-hydrogen) atoms. The molecule has 0 aliphatic carbocycles. The molecule has 0 aliphatic heterocycles. The fourth-order valence-electron chi connectivity index (χ4n) is 4.77. The summed E-state index contributed by atoms with van der Waals surface area (Å²) in [6.07, 6.45) is -3.93. The van der Waals surface area contributed by atoms with Gasteiger partial charge in [0, 0.05) is 0 Å². The Balaban J connectivity index is 1.83. The lowest BCUT2D eigenvalue weighted by molar-refractivity contribution is -0.0974. The van der Waals surface area contributed by atoms with Gasteiger partial charge in [-0.1, -0.05) is 100 Å². The van der Waals surface area contributed by atoms with E-state index in [1.165, 1.54) is 0 Å². The van der Waals surface area contributed by atoms with E-state index >= 15 is 0 Å². The highest BCUT2D eigenvalue weighted by Gasteiger charge is 2.44. The predicted molar refractivity (Wildman–Crippen MR) is 202 cm³/mol. The summed E-state index contributed by atoms with van der Waals surface area (Å²) >= 11 is 3.14. The van der Waals surface area contributed by atoms with Crippen LogP contribution in [0.5, 0.6) is 0 Å². The van der Waals surface area contributed by atoms with Crippen LogP contribution in [0.15, 0.2) is 121 Å². The maximum atomic E-state index is 13.9. The summed E-state index contributed by atoms with van der Waals surface area (Å²) < 4.78 is 24.0. The lowest BCUT2D eigenvalue weighted by Crippen LogP contribution is -2.51. The molecule has 4 aromatic carbocycles. The zero-order valence-corrected chi connectivity index (χ0v) is 30.8. The van der Waals surface area contributed by atoms with E-state index in [-0.39, 0.29) is 28.5 Å². The van der Waals surface area contributed by atoms with Crippen molar-refractivity contribution < 1.29 is 38.1 Å². The summed E-state index contributed by atoms with van der Waals surface area (Å²) in [6.45, 7) is 7.85. The van der Waals surface area contributed by atoms with Crippen molar-refractivity contribution in [2.75, 3.05) is 18.1 Å². The maximum absolute atomic E-state index is 13.9. The third-order valence-corrected chi connectivity index (χ3v) is 11.0. The number of benzene rings is 4. The molecule has 0 saturated carbocycles. The molecular formula is C41H44O8S2. The monoisotopic (exact) mass is 728 g/mol. The van der Waals surface area contributed by atoms with Crippen LogP contribution in [-0.4, -0.2) is 64.9 Å². The van der Waals surface area contributed by atoms with Gasteiger partial charge in [0.05, 0.1) is 26.8 Å². The molecule has 8 nitrogen and oxygen atoms in total. The Morgan fingerprint density at radius 2 is 0.804 bits per heavy atom. The maximum Gasteiger partial charge on any atom is 0.338 e. The van der Waals surface area contributed by atoms with Crippen molar-refractivity contribution in [3.8, 4) is 0 Å². The van der Waals surface area contributed by atoms with E-state index in [4.69, 9.17) is 18.9 Å². The molecule has 4 aromatic rings. The SMILES string of the molecule is CC(C)CSC(SCC(C)C)[C@@H](OC(=O)c1ccccc1)[C@H](OC(=O)c1ccccc1)[C@@H](COC(=O)c1ccccc1)OC(=O)c1ccccc1. The second kappa shape index (κ2) is 20.3. The number of esters is 4. The van der Waals surface area contributed by atoms with Crippen LogP contribution in [0.2, 0.25) is 0 Å². The molecule has 0 radical (unpaired) electrons. The average Bonchev–Trinajstić information content (AvgIpc) is 3.15. The highest BCUT2D eigenvalue weighted by Crippen LogP contribution is 2.36. The molecule has 0 unspecified atom stereocenters. The Labute approximate surface area is 308 Å². The number of carbonyl (C=O) groups excluding carboxylic acids is 4. The smallest absolute Gasteiger partial charge is 0.338 e. The molecule has 268 valence electrons. The van der Waals surface area contributed by atoms with Crippen molar-refractivity contribution >= 4 is 47.4 Å². The van der Waals surface area contributed by atoms with Crippen LogP contribution >= 0.6 is 23.5 Å². The van der Waals surface area contributed by atoms with Gasteiger partial charge in [-0.15, -0.1) is 23.5 Å². The average molecular weight is 729 g/mol. The van der Waals surface area contributed by atoms with Crippen LogP contribution in [0.3, 0.4) is 0 Å². The fourth-order valence-corrected chi connectivity index (χ4v) is 7.57. The van der Waals surface area contributed by atoms with Crippen molar-refractivity contribution in [3.63, 3.8) is 0 Å². The molecular weight excluding hydrogens is 685 g/mol. The molecule has 0 amide bonds. The van der Waals surface area contributed by atoms with E-state index in [2.05, 4.69) is 27.7 Å². The Morgan fingerprint density at radius 1 is 0.471 bits per heavy atom. The van der Waals surface area contributed by atoms with Gasteiger partial charge in [0.15, 0.2) is 18.3 Å². The van der Waals surface area contributed by atoms with Gasteiger partial charge >= 0.3 is 23.9 Å². The second-order valence-electron chi connectivity index (χ2n) is 12.6. The van der Waals surface area contributed by atoms with Gasteiger partial charge in [-0.2, -0.15) is 0 Å². The summed E-state index contributed by atoms with van der Waals surface area (Å²) in [5, 5.41) is 0. The molecule has 0 heterocycles. The van der Waals surface area contributed by atoms with Crippen LogP contribution in [0, 0.1) is 11.8 Å². The van der Waals surface area contributed by atoms with Gasteiger partial charge < -0.3 is 18.9 Å². The van der Waals surface area contributed by atoms with Gasteiger partial charge in [-0.3, -0.25) is 0 Å². The molecule has 3 atom stereocenters. The van der Waals surface area contributed by atoms with Gasteiger partial charge in [0.25, 0.3) is 0 Å². The minimum atomic E-state index is -1.40. The van der Waals surface area contributed by atoms with Crippen LogP contribution in [0.4, 0.5) is 0 Å². The third-order valence-electron chi connectivity index (χ3n) is 7.31. The molecule has 0 fully saturated rings. The molecule has 0 spiro atoms. The van der Waals surface area contributed by atoms with E-state index in [0.29, 0.717) is 17.1 Å². The Morgan fingerprint density at radius 3 is 1.18 bits per heavy atom. The quantitative estimate of drug-likeness (QED) is 0.0562. The van der Waals surface area contributed by atoms with Gasteiger partial charge in [-0.05, 0) is 71.9 Å². The lowest BCUT2D eigenvalue weighted by atomic mass is 10.1. The van der Waals surface area contributed by atoms with E-state index in [9.17, 15) is 19.2 Å². The summed E-state index contributed by atoms with van der Waals surface area (Å²) in [5.41, 5.74) is 1.06. The molecule has 10 heteroatoms. The largest absolute Gasteiger partial charge is 0.458 e. The normalized spacial score (nSPS) is 12.9. The molecule has 0 aliphatic rings. The minimum absolute atomic E-state index is 0.239. The number of thioether (sulfide) groups is 2. The number of hydrogen-bond acceptors (Lipinski definition) is 10. The standard InChI is InChI=1S/C41H44O8S2/c1-28(2)26-50-41(51-27-29(3)4)36(49-40(45)33-23-15-8-16-24-33)35(48-39(44)32-21-13-7-14-22-32)34(47-38(43)31-19-11-6-12-20-31)25-46-37(42)30-17-9-5-10-18-30/h5-24,28-29,34-36,41H,25-27H2,1-4H3/t34-,35-,36+/m1/s1. The van der Waals surface area contributed by atoms with Gasteiger partial charge in [0.2, 0.25) is 0 Å². The van der Waals surface area contributed by atoms with Gasteiger partial charge in [-0.25, -0.2) is 19.2 Å². The van der Waals surface area contributed by atoms with Crippen LogP contribution < -0.4 is 0 Å². The van der Waals surface area contributed by atoms with E-state index in [1.807, 2.05) is 0 Å². The molecule has 0 saturated heterocycles. The highest BCUT2D eigenvalue weighted by molar-refractivity contribution is 8.17. The summed E-state index contributed by atoms with van der Waals surface area (Å²) in [6, 6.07) is 33.6. The zero-order valence-electron chi connectivity index (χ0n) is 29.2. The topological polar surface area (TPSA) is 105 Å². The first-order chi connectivity index (χ1) is 24.6. The van der Waals surface area contributed by atoms with E-state index in [1.54, 1.807) is 145 Å². The number of ether oxygens (including phenoxy) is 4. The highest BCUT2D eigenvalue weighted by atomic mass is 32.2. The van der Waals surface area contributed by atoms with Crippen molar-refractivity contribution in [2.45, 2.75) is 50.6 Å². The van der Waals surface area contributed by atoms with Crippen molar-refractivity contribution in [3.05, 3.63) is 144 Å². The summed E-state index contributed by atoms with van der Waals surface area (Å²) in [7, 11) is 0.